The second-order valence-electron chi connectivity index (χ2n) is 11.8. The minimum absolute atomic E-state index is 0.0794. The molecule has 2 bridgehead atoms. The second-order valence-corrected chi connectivity index (χ2v) is 11.8. The molecule has 2 heterocycles. The van der Waals surface area contributed by atoms with E-state index in [1.165, 1.54) is 26.0 Å². The SMILES string of the molecule is COC(=O)[C@H]1c2cc3c(c(O)c2CC[C@@]1(C)O)C(=O)c1c(O)cc2c(c1C3=O)O[C@H]1O[C@@]2(C)[C@@H](O)[C@@H](N(C)C)[C@H]1O. The molecule has 7 atom stereocenters. The Bertz CT molecular complexity index is 1550. The third kappa shape index (κ3) is 3.48. The molecule has 0 amide bonds. The van der Waals surface area contributed by atoms with Crippen molar-refractivity contribution in [2.45, 2.75) is 68.3 Å². The number of fused-ring (bicyclic) bond motifs is 8. The second kappa shape index (κ2) is 8.73. The molecular formula is C29H31NO11. The van der Waals surface area contributed by atoms with Crippen LogP contribution in [0.1, 0.15) is 74.7 Å². The topological polar surface area (TPSA) is 183 Å². The maximum atomic E-state index is 14.2. The van der Waals surface area contributed by atoms with E-state index in [1.807, 2.05) is 0 Å². The lowest BCUT2D eigenvalue weighted by molar-refractivity contribution is -0.311. The normalized spacial score (nSPS) is 33.3. The Balaban J connectivity index is 1.59. The standard InChI is InChI=1S/C29H31NO11/c1-28(38)7-6-10-11(18(28)26(37)39-5)8-12-15(20(10)32)22(34)16-14(31)9-13-24(17(16)21(12)33)40-27-23(35)19(30(3)4)25(36)29(13,2)41-27/h8-9,18-19,23,25,27,31-32,35-36,38H,6-7H2,1-5H3/t18-,19+,23-,25+,27+,28-,29-/m1/s1. The zero-order valence-corrected chi connectivity index (χ0v) is 23.1. The number of aliphatic hydroxyl groups excluding tert-OH is 2. The number of ketones is 2. The number of aromatic hydroxyl groups is 2. The number of hydrogen-bond acceptors (Lipinski definition) is 12. The van der Waals surface area contributed by atoms with E-state index in [4.69, 9.17) is 14.2 Å². The number of phenols is 2. The Morgan fingerprint density at radius 1 is 1.07 bits per heavy atom. The third-order valence-electron chi connectivity index (χ3n) is 9.12. The van der Waals surface area contributed by atoms with Crippen LogP contribution in [0.3, 0.4) is 0 Å². The molecule has 1 fully saturated rings. The fraction of sp³-hybridized carbons (Fsp3) is 0.483. The zero-order valence-electron chi connectivity index (χ0n) is 23.1. The molecule has 0 saturated carbocycles. The number of likely N-dealkylation sites (N-methyl/N-ethyl adjacent to an activating group) is 1. The molecule has 4 aliphatic rings. The van der Waals surface area contributed by atoms with Crippen LogP contribution in [-0.4, -0.2) is 99.3 Å². The van der Waals surface area contributed by atoms with E-state index in [-0.39, 0.29) is 52.0 Å². The molecule has 12 nitrogen and oxygen atoms in total. The lowest BCUT2D eigenvalue weighted by Crippen LogP contribution is -2.68. The van der Waals surface area contributed by atoms with Gasteiger partial charge < -0.3 is 44.6 Å². The Morgan fingerprint density at radius 3 is 2.39 bits per heavy atom. The quantitative estimate of drug-likeness (QED) is 0.269. The first-order chi connectivity index (χ1) is 19.2. The van der Waals surface area contributed by atoms with Crippen LogP contribution < -0.4 is 4.74 Å². The minimum atomic E-state index is -1.56. The van der Waals surface area contributed by atoms with Crippen molar-refractivity contribution in [1.82, 2.24) is 4.90 Å². The molecule has 2 aromatic carbocycles. The van der Waals surface area contributed by atoms with Crippen molar-refractivity contribution in [3.05, 3.63) is 51.1 Å². The summed E-state index contributed by atoms with van der Waals surface area (Å²) in [5.74, 6) is -4.92. The number of esters is 1. The van der Waals surface area contributed by atoms with Crippen molar-refractivity contribution in [1.29, 1.82) is 0 Å². The zero-order chi connectivity index (χ0) is 29.9. The van der Waals surface area contributed by atoms with E-state index in [9.17, 15) is 39.9 Å². The van der Waals surface area contributed by atoms with Crippen molar-refractivity contribution in [2.24, 2.45) is 0 Å². The van der Waals surface area contributed by atoms with Gasteiger partial charge in [-0.1, -0.05) is 0 Å². The highest BCUT2D eigenvalue weighted by molar-refractivity contribution is 6.31. The van der Waals surface area contributed by atoms with Crippen molar-refractivity contribution in [2.75, 3.05) is 21.2 Å². The fourth-order valence-electron chi connectivity index (χ4n) is 6.94. The maximum absolute atomic E-state index is 14.2. The molecule has 1 saturated heterocycles. The molecule has 0 spiro atoms. The van der Waals surface area contributed by atoms with E-state index in [0.717, 1.165) is 7.11 Å². The number of carbonyl (C=O) groups excluding carboxylic acids is 3. The van der Waals surface area contributed by atoms with Gasteiger partial charge >= 0.3 is 5.97 Å². The van der Waals surface area contributed by atoms with Gasteiger partial charge in [-0.05, 0) is 64.0 Å². The highest BCUT2D eigenvalue weighted by atomic mass is 16.7. The summed E-state index contributed by atoms with van der Waals surface area (Å²) in [5.41, 5.74) is -3.95. The first-order valence-corrected chi connectivity index (χ1v) is 13.2. The third-order valence-corrected chi connectivity index (χ3v) is 9.12. The number of hydrogen-bond donors (Lipinski definition) is 5. The summed E-state index contributed by atoms with van der Waals surface area (Å²) < 4.78 is 16.8. The summed E-state index contributed by atoms with van der Waals surface area (Å²) in [6.07, 6.45) is -3.80. The molecule has 0 radical (unpaired) electrons. The van der Waals surface area contributed by atoms with Crippen LogP contribution in [0.5, 0.6) is 17.2 Å². The van der Waals surface area contributed by atoms with E-state index in [1.54, 1.807) is 19.0 Å². The number of rotatable bonds is 2. The van der Waals surface area contributed by atoms with Crippen molar-refractivity contribution < 1.29 is 54.1 Å². The van der Waals surface area contributed by atoms with Crippen LogP contribution in [0.2, 0.25) is 0 Å². The van der Waals surface area contributed by atoms with Crippen LogP contribution in [0.25, 0.3) is 0 Å². The van der Waals surface area contributed by atoms with Crippen LogP contribution in [0.4, 0.5) is 0 Å². The average molecular weight is 570 g/mol. The summed E-state index contributed by atoms with van der Waals surface area (Å²) in [5, 5.41) is 55.7. The van der Waals surface area contributed by atoms with Crippen LogP contribution >= 0.6 is 0 Å². The van der Waals surface area contributed by atoms with E-state index < -0.39 is 76.3 Å². The number of ether oxygens (including phenoxy) is 3. The molecule has 2 aliphatic carbocycles. The first kappa shape index (κ1) is 27.6. The van der Waals surface area contributed by atoms with E-state index >= 15 is 0 Å². The summed E-state index contributed by atoms with van der Waals surface area (Å²) in [7, 11) is 4.49. The van der Waals surface area contributed by atoms with Crippen molar-refractivity contribution >= 4 is 17.5 Å². The van der Waals surface area contributed by atoms with Gasteiger partial charge in [0.25, 0.3) is 0 Å². The van der Waals surface area contributed by atoms with Gasteiger partial charge in [-0.2, -0.15) is 0 Å². The minimum Gasteiger partial charge on any atom is -0.507 e. The van der Waals surface area contributed by atoms with Crippen LogP contribution in [-0.2, 0) is 26.3 Å². The van der Waals surface area contributed by atoms with Gasteiger partial charge in [0.1, 0.15) is 41.0 Å². The monoisotopic (exact) mass is 569 g/mol. The predicted octanol–water partition coefficient (Wildman–Crippen LogP) is 0.443. The van der Waals surface area contributed by atoms with Gasteiger partial charge in [-0.15, -0.1) is 0 Å². The first-order valence-electron chi connectivity index (χ1n) is 13.2. The van der Waals surface area contributed by atoms with E-state index in [2.05, 4.69) is 0 Å². The number of phenolic OH excluding ortho intramolecular Hbond substituents is 2. The molecular weight excluding hydrogens is 538 g/mol. The highest BCUT2D eigenvalue weighted by Crippen LogP contribution is 2.54. The van der Waals surface area contributed by atoms with Crippen molar-refractivity contribution in [3.63, 3.8) is 0 Å². The van der Waals surface area contributed by atoms with Gasteiger partial charge in [-0.3, -0.25) is 14.4 Å². The number of carbonyl (C=O) groups is 3. The fourth-order valence-corrected chi connectivity index (χ4v) is 6.94. The van der Waals surface area contributed by atoms with Gasteiger partial charge in [-0.25, -0.2) is 0 Å². The highest BCUT2D eigenvalue weighted by Gasteiger charge is 2.59. The van der Waals surface area contributed by atoms with E-state index in [0.29, 0.717) is 0 Å². The molecule has 218 valence electrons. The number of methoxy groups -OCH3 is 1. The lowest BCUT2D eigenvalue weighted by Gasteiger charge is -2.53. The van der Waals surface area contributed by atoms with Crippen LogP contribution in [0.15, 0.2) is 12.1 Å². The Kier molecular flexibility index (Phi) is 5.88. The number of aliphatic hydroxyl groups is 3. The molecule has 41 heavy (non-hydrogen) atoms. The molecule has 0 unspecified atom stereocenters. The molecule has 12 heteroatoms. The summed E-state index contributed by atoms with van der Waals surface area (Å²) in [4.78, 5) is 42.4. The van der Waals surface area contributed by atoms with Gasteiger partial charge in [0, 0.05) is 11.1 Å². The molecule has 2 aromatic rings. The smallest absolute Gasteiger partial charge is 0.316 e. The molecule has 6 rings (SSSR count). The Labute approximate surface area is 234 Å². The number of nitrogens with zero attached hydrogens (tertiary/aromatic N) is 1. The number of benzene rings is 2. The summed E-state index contributed by atoms with van der Waals surface area (Å²) in [6, 6.07) is 1.66. The molecule has 5 N–H and O–H groups in total. The Morgan fingerprint density at radius 2 is 1.76 bits per heavy atom. The lowest BCUT2D eigenvalue weighted by atomic mass is 9.69. The Hall–Kier alpha value is -3.55. The maximum Gasteiger partial charge on any atom is 0.316 e. The largest absolute Gasteiger partial charge is 0.507 e. The molecule has 2 aliphatic heterocycles. The molecule has 0 aromatic heterocycles. The predicted molar refractivity (Wildman–Crippen MR) is 139 cm³/mol. The van der Waals surface area contributed by atoms with Crippen LogP contribution in [0, 0.1) is 0 Å². The summed E-state index contributed by atoms with van der Waals surface area (Å²) in [6.45, 7) is 2.99. The van der Waals surface area contributed by atoms with Gasteiger partial charge in [0.15, 0.2) is 5.78 Å². The average Bonchev–Trinajstić information content (AvgIpc) is 2.89. The van der Waals surface area contributed by atoms with Gasteiger partial charge in [0.2, 0.25) is 12.1 Å². The van der Waals surface area contributed by atoms with Crippen molar-refractivity contribution in [3.8, 4) is 17.2 Å². The summed E-state index contributed by atoms with van der Waals surface area (Å²) >= 11 is 0. The van der Waals surface area contributed by atoms with Gasteiger partial charge in [0.05, 0.1) is 35.4 Å².